The van der Waals surface area contributed by atoms with Crippen molar-refractivity contribution < 1.29 is 14.3 Å². The summed E-state index contributed by atoms with van der Waals surface area (Å²) in [5.41, 5.74) is 0.812. The Hall–Kier alpha value is -1.95. The van der Waals surface area contributed by atoms with Crippen molar-refractivity contribution in [2.75, 3.05) is 26.8 Å². The second-order valence-corrected chi connectivity index (χ2v) is 5.13. The number of aromatic nitrogens is 1. The van der Waals surface area contributed by atoms with E-state index >= 15 is 0 Å². The van der Waals surface area contributed by atoms with Crippen LogP contribution >= 0.6 is 0 Å². The molecule has 2 amide bonds. The molecule has 1 N–H and O–H groups in total. The van der Waals surface area contributed by atoms with E-state index in [1.807, 2.05) is 18.2 Å². The molecule has 1 saturated heterocycles. The van der Waals surface area contributed by atoms with Crippen molar-refractivity contribution in [3.63, 3.8) is 0 Å². The molecule has 1 fully saturated rings. The van der Waals surface area contributed by atoms with Gasteiger partial charge in [0.05, 0.1) is 18.2 Å². The largest absolute Gasteiger partial charge is 0.385 e. The molecule has 1 aromatic rings. The first kappa shape index (κ1) is 15.4. The fraction of sp³-hybridized carbons (Fsp3) is 0.533. The summed E-state index contributed by atoms with van der Waals surface area (Å²) in [5.74, 6) is -0.295. The molecule has 0 bridgehead atoms. The minimum Gasteiger partial charge on any atom is -0.385 e. The topological polar surface area (TPSA) is 71.5 Å². The zero-order valence-corrected chi connectivity index (χ0v) is 12.2. The molecule has 1 unspecified atom stereocenters. The average Bonchev–Trinajstić information content (AvgIpc) is 2.87. The number of methoxy groups -OCH3 is 1. The van der Waals surface area contributed by atoms with Gasteiger partial charge in [-0.2, -0.15) is 0 Å². The van der Waals surface area contributed by atoms with Crippen LogP contribution in [0.4, 0.5) is 0 Å². The van der Waals surface area contributed by atoms with Gasteiger partial charge in [0.1, 0.15) is 0 Å². The SMILES string of the molecule is COCCCN1CC(C(=O)NCc2ccccn2)CC1=O. The molecule has 0 aliphatic carbocycles. The van der Waals surface area contributed by atoms with Gasteiger partial charge in [0.2, 0.25) is 11.8 Å². The maximum Gasteiger partial charge on any atom is 0.225 e. The first-order valence-corrected chi connectivity index (χ1v) is 7.15. The van der Waals surface area contributed by atoms with Gasteiger partial charge in [-0.3, -0.25) is 14.6 Å². The van der Waals surface area contributed by atoms with E-state index in [1.54, 1.807) is 18.2 Å². The quantitative estimate of drug-likeness (QED) is 0.746. The number of amides is 2. The van der Waals surface area contributed by atoms with Gasteiger partial charge in [-0.05, 0) is 18.6 Å². The van der Waals surface area contributed by atoms with E-state index in [1.165, 1.54) is 0 Å². The Bertz CT molecular complexity index is 478. The summed E-state index contributed by atoms with van der Waals surface area (Å²) in [5, 5.41) is 2.84. The van der Waals surface area contributed by atoms with Crippen LogP contribution in [0.5, 0.6) is 0 Å². The van der Waals surface area contributed by atoms with Gasteiger partial charge >= 0.3 is 0 Å². The van der Waals surface area contributed by atoms with Crippen LogP contribution in [0.15, 0.2) is 24.4 Å². The predicted molar refractivity (Wildman–Crippen MR) is 77.3 cm³/mol. The second kappa shape index (κ2) is 7.73. The molecule has 6 nitrogen and oxygen atoms in total. The van der Waals surface area contributed by atoms with E-state index in [9.17, 15) is 9.59 Å². The minimum atomic E-state index is -0.260. The normalized spacial score (nSPS) is 18.0. The van der Waals surface area contributed by atoms with Crippen molar-refractivity contribution in [1.82, 2.24) is 15.2 Å². The third-order valence-electron chi connectivity index (χ3n) is 3.53. The molecule has 1 atom stereocenters. The summed E-state index contributed by atoms with van der Waals surface area (Å²) in [6.45, 7) is 2.17. The van der Waals surface area contributed by atoms with E-state index in [-0.39, 0.29) is 17.7 Å². The zero-order chi connectivity index (χ0) is 15.1. The van der Waals surface area contributed by atoms with E-state index in [0.717, 1.165) is 12.1 Å². The van der Waals surface area contributed by atoms with Crippen molar-refractivity contribution in [2.45, 2.75) is 19.4 Å². The van der Waals surface area contributed by atoms with Gasteiger partial charge in [0.15, 0.2) is 0 Å². The molecule has 114 valence electrons. The van der Waals surface area contributed by atoms with Crippen LogP contribution < -0.4 is 5.32 Å². The summed E-state index contributed by atoms with van der Waals surface area (Å²) in [7, 11) is 1.64. The number of carbonyl (C=O) groups excluding carboxylic acids is 2. The molecule has 0 spiro atoms. The molecule has 0 saturated carbocycles. The minimum absolute atomic E-state index is 0.0455. The molecule has 2 rings (SSSR count). The Labute approximate surface area is 124 Å². The lowest BCUT2D eigenvalue weighted by atomic mass is 10.1. The van der Waals surface area contributed by atoms with Crippen LogP contribution in [0.3, 0.4) is 0 Å². The smallest absolute Gasteiger partial charge is 0.225 e. The summed E-state index contributed by atoms with van der Waals surface area (Å²) < 4.78 is 4.97. The predicted octanol–water partition coefficient (Wildman–Crippen LogP) is 0.583. The van der Waals surface area contributed by atoms with Crippen molar-refractivity contribution in [3.05, 3.63) is 30.1 Å². The van der Waals surface area contributed by atoms with Crippen molar-refractivity contribution in [2.24, 2.45) is 5.92 Å². The third-order valence-corrected chi connectivity index (χ3v) is 3.53. The lowest BCUT2D eigenvalue weighted by Gasteiger charge is -2.16. The van der Waals surface area contributed by atoms with Gasteiger partial charge in [-0.25, -0.2) is 0 Å². The molecule has 1 aliphatic heterocycles. The molecule has 6 heteroatoms. The van der Waals surface area contributed by atoms with Crippen LogP contribution in [0.25, 0.3) is 0 Å². The van der Waals surface area contributed by atoms with E-state index in [4.69, 9.17) is 4.74 Å². The summed E-state index contributed by atoms with van der Waals surface area (Å²) in [6, 6.07) is 5.57. The average molecular weight is 291 g/mol. The molecular weight excluding hydrogens is 270 g/mol. The van der Waals surface area contributed by atoms with Crippen LogP contribution in [-0.4, -0.2) is 48.5 Å². The molecule has 1 aromatic heterocycles. The lowest BCUT2D eigenvalue weighted by Crippen LogP contribution is -2.33. The number of likely N-dealkylation sites (tertiary alicyclic amines) is 1. The van der Waals surface area contributed by atoms with Gasteiger partial charge in [-0.1, -0.05) is 6.07 Å². The highest BCUT2D eigenvalue weighted by Gasteiger charge is 2.33. The number of pyridine rings is 1. The number of rotatable bonds is 7. The number of carbonyl (C=O) groups is 2. The number of hydrogen-bond acceptors (Lipinski definition) is 4. The highest BCUT2D eigenvalue weighted by atomic mass is 16.5. The number of ether oxygens (including phenoxy) is 1. The van der Waals surface area contributed by atoms with Crippen molar-refractivity contribution in [1.29, 1.82) is 0 Å². The Balaban J connectivity index is 1.77. The highest BCUT2D eigenvalue weighted by Crippen LogP contribution is 2.18. The zero-order valence-electron chi connectivity index (χ0n) is 12.2. The van der Waals surface area contributed by atoms with Gasteiger partial charge in [0, 0.05) is 39.4 Å². The van der Waals surface area contributed by atoms with E-state index < -0.39 is 0 Å². The van der Waals surface area contributed by atoms with Crippen molar-refractivity contribution >= 4 is 11.8 Å². The molecule has 0 radical (unpaired) electrons. The maximum absolute atomic E-state index is 12.1. The van der Waals surface area contributed by atoms with E-state index in [0.29, 0.717) is 32.7 Å². The summed E-state index contributed by atoms with van der Waals surface area (Å²) >= 11 is 0. The van der Waals surface area contributed by atoms with Crippen LogP contribution in [0.2, 0.25) is 0 Å². The summed E-state index contributed by atoms with van der Waals surface area (Å²) in [4.78, 5) is 29.8. The fourth-order valence-corrected chi connectivity index (χ4v) is 2.39. The van der Waals surface area contributed by atoms with Gasteiger partial charge in [-0.15, -0.1) is 0 Å². The van der Waals surface area contributed by atoms with Gasteiger partial charge in [0.25, 0.3) is 0 Å². The van der Waals surface area contributed by atoms with Crippen LogP contribution in [0, 0.1) is 5.92 Å². The first-order chi connectivity index (χ1) is 10.2. The Morgan fingerprint density at radius 3 is 3.10 bits per heavy atom. The Kier molecular flexibility index (Phi) is 5.68. The Morgan fingerprint density at radius 1 is 1.52 bits per heavy atom. The van der Waals surface area contributed by atoms with Crippen LogP contribution in [0.1, 0.15) is 18.5 Å². The third kappa shape index (κ3) is 4.53. The first-order valence-electron chi connectivity index (χ1n) is 7.15. The molecule has 2 heterocycles. The molecular formula is C15H21N3O3. The van der Waals surface area contributed by atoms with Gasteiger partial charge < -0.3 is 15.0 Å². The number of hydrogen-bond donors (Lipinski definition) is 1. The number of nitrogens with one attached hydrogen (secondary N) is 1. The lowest BCUT2D eigenvalue weighted by molar-refractivity contribution is -0.129. The molecule has 0 aromatic carbocycles. The van der Waals surface area contributed by atoms with Crippen molar-refractivity contribution in [3.8, 4) is 0 Å². The second-order valence-electron chi connectivity index (χ2n) is 5.13. The maximum atomic E-state index is 12.1. The monoisotopic (exact) mass is 291 g/mol. The Morgan fingerprint density at radius 2 is 2.38 bits per heavy atom. The van der Waals surface area contributed by atoms with Crippen LogP contribution in [-0.2, 0) is 20.9 Å². The molecule has 21 heavy (non-hydrogen) atoms. The standard InChI is InChI=1S/C15H21N3O3/c1-21-8-4-7-18-11-12(9-14(18)19)15(20)17-10-13-5-2-3-6-16-13/h2-3,5-6,12H,4,7-11H2,1H3,(H,17,20). The fourth-order valence-electron chi connectivity index (χ4n) is 2.39. The highest BCUT2D eigenvalue weighted by molar-refractivity contribution is 5.89. The summed E-state index contributed by atoms with van der Waals surface area (Å²) in [6.07, 6.45) is 2.78. The number of nitrogens with zero attached hydrogens (tertiary/aromatic N) is 2. The molecule has 1 aliphatic rings. The van der Waals surface area contributed by atoms with E-state index in [2.05, 4.69) is 10.3 Å².